The van der Waals surface area contributed by atoms with Crippen molar-refractivity contribution in [3.63, 3.8) is 0 Å². The van der Waals surface area contributed by atoms with Gasteiger partial charge < -0.3 is 14.6 Å². The fraction of sp³-hybridized carbons (Fsp3) is 0.389. The Morgan fingerprint density at radius 1 is 1.33 bits per heavy atom. The predicted octanol–water partition coefficient (Wildman–Crippen LogP) is 4.20. The van der Waals surface area contributed by atoms with Gasteiger partial charge in [-0.2, -0.15) is 0 Å². The molecule has 2 aromatic heterocycles. The van der Waals surface area contributed by atoms with Gasteiger partial charge in [0.2, 0.25) is 0 Å². The van der Waals surface area contributed by atoms with E-state index in [4.69, 9.17) is 9.41 Å². The maximum absolute atomic E-state index is 5.36. The Balaban J connectivity index is 0.00000288. The van der Waals surface area contributed by atoms with Crippen LogP contribution in [0.5, 0.6) is 0 Å². The van der Waals surface area contributed by atoms with E-state index in [0.29, 0.717) is 0 Å². The SMILES string of the molecule is C=C(C)CN(C)C(=NCCc1cccs1)NCCc1ccco1.I. The van der Waals surface area contributed by atoms with Crippen molar-refractivity contribution >= 4 is 41.3 Å². The van der Waals surface area contributed by atoms with Crippen LogP contribution in [0.4, 0.5) is 0 Å². The highest BCUT2D eigenvalue weighted by Gasteiger charge is 2.07. The van der Waals surface area contributed by atoms with Crippen molar-refractivity contribution in [2.75, 3.05) is 26.7 Å². The summed E-state index contributed by atoms with van der Waals surface area (Å²) in [5.74, 6) is 1.90. The van der Waals surface area contributed by atoms with Gasteiger partial charge in [-0.05, 0) is 30.5 Å². The molecule has 0 aliphatic rings. The van der Waals surface area contributed by atoms with E-state index < -0.39 is 0 Å². The first-order valence-electron chi connectivity index (χ1n) is 7.83. The molecule has 0 radical (unpaired) electrons. The van der Waals surface area contributed by atoms with Gasteiger partial charge in [-0.25, -0.2) is 0 Å². The smallest absolute Gasteiger partial charge is 0.193 e. The minimum absolute atomic E-state index is 0. The molecule has 0 spiro atoms. The topological polar surface area (TPSA) is 40.8 Å². The summed E-state index contributed by atoms with van der Waals surface area (Å²) in [6.45, 7) is 8.39. The number of furan rings is 1. The largest absolute Gasteiger partial charge is 0.469 e. The number of nitrogens with zero attached hydrogens (tertiary/aromatic N) is 2. The summed E-state index contributed by atoms with van der Waals surface area (Å²) in [5, 5.41) is 5.53. The van der Waals surface area contributed by atoms with Crippen LogP contribution in [0, 0.1) is 0 Å². The van der Waals surface area contributed by atoms with Crippen LogP contribution in [0.2, 0.25) is 0 Å². The second kappa shape index (κ2) is 11.3. The van der Waals surface area contributed by atoms with Crippen molar-refractivity contribution < 1.29 is 4.42 Å². The number of rotatable bonds is 8. The quantitative estimate of drug-likeness (QED) is 0.279. The highest BCUT2D eigenvalue weighted by molar-refractivity contribution is 14.0. The van der Waals surface area contributed by atoms with Gasteiger partial charge in [0.25, 0.3) is 0 Å². The highest BCUT2D eigenvalue weighted by Crippen LogP contribution is 2.09. The summed E-state index contributed by atoms with van der Waals surface area (Å²) in [6.07, 6.45) is 3.53. The first-order chi connectivity index (χ1) is 11.1. The van der Waals surface area contributed by atoms with Crippen LogP contribution in [-0.4, -0.2) is 37.5 Å². The van der Waals surface area contributed by atoms with Gasteiger partial charge in [-0.1, -0.05) is 18.2 Å². The minimum atomic E-state index is 0. The molecule has 0 bridgehead atoms. The summed E-state index contributed by atoms with van der Waals surface area (Å²) in [4.78, 5) is 8.21. The molecular formula is C18H26IN3OS. The zero-order chi connectivity index (χ0) is 16.5. The molecule has 2 aromatic rings. The van der Waals surface area contributed by atoms with E-state index in [1.807, 2.05) is 26.1 Å². The lowest BCUT2D eigenvalue weighted by Crippen LogP contribution is -2.40. The molecule has 0 amide bonds. The van der Waals surface area contributed by atoms with Crippen molar-refractivity contribution in [1.29, 1.82) is 0 Å². The van der Waals surface area contributed by atoms with Gasteiger partial charge in [0, 0.05) is 44.4 Å². The van der Waals surface area contributed by atoms with E-state index in [2.05, 4.69) is 34.3 Å². The Morgan fingerprint density at radius 2 is 2.17 bits per heavy atom. The Bertz CT molecular complexity index is 608. The average Bonchev–Trinajstić information content (AvgIpc) is 3.18. The van der Waals surface area contributed by atoms with Crippen LogP contribution in [0.3, 0.4) is 0 Å². The van der Waals surface area contributed by atoms with E-state index in [9.17, 15) is 0 Å². The van der Waals surface area contributed by atoms with Gasteiger partial charge in [0.15, 0.2) is 5.96 Å². The lowest BCUT2D eigenvalue weighted by atomic mass is 10.3. The molecule has 24 heavy (non-hydrogen) atoms. The number of hydrogen-bond acceptors (Lipinski definition) is 3. The van der Waals surface area contributed by atoms with Crippen LogP contribution >= 0.6 is 35.3 Å². The maximum atomic E-state index is 5.36. The summed E-state index contributed by atoms with van der Waals surface area (Å²) >= 11 is 1.78. The summed E-state index contributed by atoms with van der Waals surface area (Å²) < 4.78 is 5.36. The third-order valence-corrected chi connectivity index (χ3v) is 4.24. The molecule has 0 fully saturated rings. The molecular weight excluding hydrogens is 433 g/mol. The molecule has 0 aliphatic heterocycles. The maximum Gasteiger partial charge on any atom is 0.193 e. The van der Waals surface area contributed by atoms with Crippen molar-refractivity contribution in [2.24, 2.45) is 4.99 Å². The minimum Gasteiger partial charge on any atom is -0.469 e. The van der Waals surface area contributed by atoms with E-state index in [-0.39, 0.29) is 24.0 Å². The molecule has 0 saturated heterocycles. The van der Waals surface area contributed by atoms with Crippen molar-refractivity contribution in [3.05, 3.63) is 58.7 Å². The van der Waals surface area contributed by atoms with Gasteiger partial charge in [-0.15, -0.1) is 35.3 Å². The summed E-state index contributed by atoms with van der Waals surface area (Å²) in [7, 11) is 2.04. The number of aliphatic imine (C=N–C) groups is 1. The van der Waals surface area contributed by atoms with Gasteiger partial charge in [-0.3, -0.25) is 4.99 Å². The zero-order valence-corrected chi connectivity index (χ0v) is 17.5. The third-order valence-electron chi connectivity index (χ3n) is 3.30. The second-order valence-electron chi connectivity index (χ2n) is 5.60. The molecule has 0 unspecified atom stereocenters. The molecule has 0 aromatic carbocycles. The Kier molecular flexibility index (Phi) is 9.78. The van der Waals surface area contributed by atoms with E-state index in [1.165, 1.54) is 4.88 Å². The van der Waals surface area contributed by atoms with E-state index >= 15 is 0 Å². The summed E-state index contributed by atoms with van der Waals surface area (Å²) in [5.41, 5.74) is 1.12. The molecule has 4 nitrogen and oxygen atoms in total. The van der Waals surface area contributed by atoms with Crippen LogP contribution in [0.1, 0.15) is 17.6 Å². The highest BCUT2D eigenvalue weighted by atomic mass is 127. The second-order valence-corrected chi connectivity index (χ2v) is 6.64. The van der Waals surface area contributed by atoms with Crippen molar-refractivity contribution in [1.82, 2.24) is 10.2 Å². The zero-order valence-electron chi connectivity index (χ0n) is 14.3. The van der Waals surface area contributed by atoms with Crippen LogP contribution in [0.15, 0.2) is 57.5 Å². The van der Waals surface area contributed by atoms with E-state index in [0.717, 1.165) is 49.8 Å². The van der Waals surface area contributed by atoms with E-state index in [1.54, 1.807) is 17.6 Å². The standard InChI is InChI=1S/C18H25N3OS.HI/c1-15(2)14-21(3)18(19-10-8-16-6-4-12-22-16)20-11-9-17-7-5-13-23-17;/h4-7,12-13H,1,8-11,14H2,2-3H3,(H,19,20);1H. The molecule has 132 valence electrons. The summed E-state index contributed by atoms with van der Waals surface area (Å²) in [6, 6.07) is 8.15. The number of thiophene rings is 1. The monoisotopic (exact) mass is 459 g/mol. The first-order valence-corrected chi connectivity index (χ1v) is 8.71. The molecule has 0 aliphatic carbocycles. The number of halogens is 1. The lowest BCUT2D eigenvalue weighted by molar-refractivity contribution is 0.493. The lowest BCUT2D eigenvalue weighted by Gasteiger charge is -2.22. The number of likely N-dealkylation sites (N-methyl/N-ethyl adjacent to an activating group) is 1. The van der Waals surface area contributed by atoms with Crippen molar-refractivity contribution in [3.8, 4) is 0 Å². The molecule has 0 saturated carbocycles. The Morgan fingerprint density at radius 3 is 2.79 bits per heavy atom. The van der Waals surface area contributed by atoms with Gasteiger partial charge >= 0.3 is 0 Å². The molecule has 2 rings (SSSR count). The van der Waals surface area contributed by atoms with Crippen LogP contribution in [-0.2, 0) is 12.8 Å². The molecule has 6 heteroatoms. The fourth-order valence-electron chi connectivity index (χ4n) is 2.27. The Labute approximate surface area is 165 Å². The molecule has 0 atom stereocenters. The Hall–Kier alpha value is -1.28. The molecule has 2 heterocycles. The molecule has 1 N–H and O–H groups in total. The van der Waals surface area contributed by atoms with Crippen LogP contribution < -0.4 is 5.32 Å². The normalized spacial score (nSPS) is 11.0. The predicted molar refractivity (Wildman–Crippen MR) is 114 cm³/mol. The number of hydrogen-bond donors (Lipinski definition) is 1. The van der Waals surface area contributed by atoms with Crippen LogP contribution in [0.25, 0.3) is 0 Å². The number of nitrogens with one attached hydrogen (secondary N) is 1. The van der Waals surface area contributed by atoms with Gasteiger partial charge in [0.05, 0.1) is 6.26 Å². The average molecular weight is 459 g/mol. The fourth-order valence-corrected chi connectivity index (χ4v) is 2.97. The van der Waals surface area contributed by atoms with Crippen molar-refractivity contribution in [2.45, 2.75) is 19.8 Å². The number of guanidine groups is 1. The van der Waals surface area contributed by atoms with Gasteiger partial charge in [0.1, 0.15) is 5.76 Å². The first kappa shape index (κ1) is 20.8. The third kappa shape index (κ3) is 7.53.